The molecule has 0 aliphatic carbocycles. The fourth-order valence-corrected chi connectivity index (χ4v) is 5.06. The number of carbonyl (C=O) groups is 1. The van der Waals surface area contributed by atoms with Gasteiger partial charge in [-0.1, -0.05) is 36.8 Å². The van der Waals surface area contributed by atoms with Gasteiger partial charge in [-0.15, -0.1) is 0 Å². The quantitative estimate of drug-likeness (QED) is 0.496. The summed E-state index contributed by atoms with van der Waals surface area (Å²) in [6.07, 6.45) is 7.42. The van der Waals surface area contributed by atoms with Crippen LogP contribution in [0, 0.1) is 0 Å². The molecule has 0 radical (unpaired) electrons. The summed E-state index contributed by atoms with van der Waals surface area (Å²) in [5, 5.41) is 4.83. The summed E-state index contributed by atoms with van der Waals surface area (Å²) in [7, 11) is 0. The number of benzene rings is 2. The van der Waals surface area contributed by atoms with Crippen molar-refractivity contribution in [1.29, 1.82) is 0 Å². The Labute approximate surface area is 196 Å². The zero-order valence-electron chi connectivity index (χ0n) is 19.4. The normalized spacial score (nSPS) is 16.9. The molecular weight excluding hydrogens is 408 g/mol. The lowest BCUT2D eigenvalue weighted by Gasteiger charge is -2.26. The van der Waals surface area contributed by atoms with Crippen LogP contribution in [0.2, 0.25) is 0 Å². The third-order valence-corrected chi connectivity index (χ3v) is 6.95. The van der Waals surface area contributed by atoms with Crippen molar-refractivity contribution in [3.8, 4) is 11.3 Å². The number of aromatic nitrogens is 1. The largest absolute Gasteiger partial charge is 0.384 e. The van der Waals surface area contributed by atoms with Gasteiger partial charge in [-0.2, -0.15) is 0 Å². The second-order valence-electron chi connectivity index (χ2n) is 9.33. The average Bonchev–Trinajstić information content (AvgIpc) is 3.42. The molecule has 33 heavy (non-hydrogen) atoms. The number of hydrogen-bond donors (Lipinski definition) is 1. The van der Waals surface area contributed by atoms with Gasteiger partial charge in [0.25, 0.3) is 5.91 Å². The molecule has 2 saturated heterocycles. The molecule has 0 saturated carbocycles. The molecule has 172 valence electrons. The molecule has 5 nitrogen and oxygen atoms in total. The molecule has 5 heteroatoms. The van der Waals surface area contributed by atoms with Crippen molar-refractivity contribution < 1.29 is 4.79 Å². The number of amides is 1. The van der Waals surface area contributed by atoms with Crippen molar-refractivity contribution in [3.63, 3.8) is 0 Å². The first kappa shape index (κ1) is 21.9. The first-order chi connectivity index (χ1) is 16.3. The Balaban J connectivity index is 1.31. The summed E-state index contributed by atoms with van der Waals surface area (Å²) in [5.41, 5.74) is 4.86. The topological polar surface area (TPSA) is 48.5 Å². The van der Waals surface area contributed by atoms with Crippen molar-refractivity contribution in [2.45, 2.75) is 38.5 Å². The SMILES string of the molecule is O=C(c1ccc(-c2cc(NCCCN3CCCCC3)c3ccccc3n2)cc1)N1CCCC1. The minimum Gasteiger partial charge on any atom is -0.384 e. The van der Waals surface area contributed by atoms with E-state index in [1.807, 2.05) is 35.2 Å². The van der Waals surface area contributed by atoms with Crippen molar-refractivity contribution in [3.05, 3.63) is 60.2 Å². The van der Waals surface area contributed by atoms with E-state index in [2.05, 4.69) is 34.5 Å². The molecule has 0 unspecified atom stereocenters. The smallest absolute Gasteiger partial charge is 0.253 e. The third-order valence-electron chi connectivity index (χ3n) is 6.95. The van der Waals surface area contributed by atoms with Crippen molar-refractivity contribution in [1.82, 2.24) is 14.8 Å². The van der Waals surface area contributed by atoms with E-state index in [0.717, 1.165) is 78.9 Å². The number of rotatable bonds is 7. The number of likely N-dealkylation sites (tertiary alicyclic amines) is 2. The standard InChI is InChI=1S/C28H34N4O/c33-28(32-19-6-7-20-32)23-13-11-22(12-14-23)26-21-27(24-9-2-3-10-25(24)30-26)29-15-8-18-31-16-4-1-5-17-31/h2-3,9-14,21H,1,4-8,15-20H2,(H,29,30). The number of pyridine rings is 1. The molecule has 1 aromatic heterocycles. The van der Waals surface area contributed by atoms with Gasteiger partial charge in [0.1, 0.15) is 0 Å². The Hall–Kier alpha value is -2.92. The molecule has 2 aliphatic heterocycles. The highest BCUT2D eigenvalue weighted by Gasteiger charge is 2.19. The number of nitrogens with one attached hydrogen (secondary N) is 1. The Kier molecular flexibility index (Phi) is 6.87. The molecule has 1 amide bonds. The van der Waals surface area contributed by atoms with Crippen LogP contribution in [-0.2, 0) is 0 Å². The monoisotopic (exact) mass is 442 g/mol. The van der Waals surface area contributed by atoms with E-state index in [1.165, 1.54) is 32.4 Å². The highest BCUT2D eigenvalue weighted by atomic mass is 16.2. The number of hydrogen-bond acceptors (Lipinski definition) is 4. The van der Waals surface area contributed by atoms with E-state index in [-0.39, 0.29) is 5.91 Å². The fraction of sp³-hybridized carbons (Fsp3) is 0.429. The van der Waals surface area contributed by atoms with Crippen LogP contribution in [0.15, 0.2) is 54.6 Å². The predicted octanol–water partition coefficient (Wildman–Crippen LogP) is 5.43. The number of nitrogens with zero attached hydrogens (tertiary/aromatic N) is 3. The first-order valence-corrected chi connectivity index (χ1v) is 12.5. The average molecular weight is 443 g/mol. The van der Waals surface area contributed by atoms with Gasteiger partial charge in [-0.3, -0.25) is 4.79 Å². The van der Waals surface area contributed by atoms with Crippen LogP contribution in [-0.4, -0.2) is 60.0 Å². The number of para-hydroxylation sites is 1. The lowest BCUT2D eigenvalue weighted by molar-refractivity contribution is 0.0793. The number of fused-ring (bicyclic) bond motifs is 1. The molecule has 0 atom stereocenters. The maximum absolute atomic E-state index is 12.7. The van der Waals surface area contributed by atoms with E-state index < -0.39 is 0 Å². The maximum Gasteiger partial charge on any atom is 0.253 e. The molecule has 2 aliphatic rings. The molecule has 0 spiro atoms. The summed E-state index contributed by atoms with van der Waals surface area (Å²) in [6.45, 7) is 6.36. The van der Waals surface area contributed by atoms with Crippen LogP contribution in [0.25, 0.3) is 22.2 Å². The summed E-state index contributed by atoms with van der Waals surface area (Å²) in [5.74, 6) is 0.140. The van der Waals surface area contributed by atoms with E-state index in [0.29, 0.717) is 0 Å². The van der Waals surface area contributed by atoms with Gasteiger partial charge in [-0.25, -0.2) is 4.98 Å². The summed E-state index contributed by atoms with van der Waals surface area (Å²) >= 11 is 0. The van der Waals surface area contributed by atoms with Crippen LogP contribution in [0.5, 0.6) is 0 Å². The lowest BCUT2D eigenvalue weighted by atomic mass is 10.1. The second-order valence-corrected chi connectivity index (χ2v) is 9.33. The highest BCUT2D eigenvalue weighted by molar-refractivity contribution is 5.96. The summed E-state index contributed by atoms with van der Waals surface area (Å²) in [6, 6.07) is 18.4. The van der Waals surface area contributed by atoms with Gasteiger partial charge in [0.15, 0.2) is 0 Å². The molecule has 2 fully saturated rings. The van der Waals surface area contributed by atoms with Crippen LogP contribution < -0.4 is 5.32 Å². The van der Waals surface area contributed by atoms with E-state index in [4.69, 9.17) is 4.98 Å². The molecule has 3 heterocycles. The van der Waals surface area contributed by atoms with Gasteiger partial charge in [0.05, 0.1) is 11.2 Å². The van der Waals surface area contributed by atoms with Crippen LogP contribution in [0.1, 0.15) is 48.9 Å². The Bertz CT molecular complexity index is 1080. The van der Waals surface area contributed by atoms with Crippen LogP contribution >= 0.6 is 0 Å². The number of anilines is 1. The predicted molar refractivity (Wildman–Crippen MR) is 136 cm³/mol. The first-order valence-electron chi connectivity index (χ1n) is 12.5. The Morgan fingerprint density at radius 1 is 0.879 bits per heavy atom. The van der Waals surface area contributed by atoms with Crippen LogP contribution in [0.4, 0.5) is 5.69 Å². The van der Waals surface area contributed by atoms with Crippen molar-refractivity contribution in [2.24, 2.45) is 0 Å². The van der Waals surface area contributed by atoms with Gasteiger partial charge in [0.2, 0.25) is 0 Å². The molecule has 1 N–H and O–H groups in total. The van der Waals surface area contributed by atoms with Crippen LogP contribution in [0.3, 0.4) is 0 Å². The van der Waals surface area contributed by atoms with E-state index in [9.17, 15) is 4.79 Å². The molecular formula is C28H34N4O. The molecule has 5 rings (SSSR count). The fourth-order valence-electron chi connectivity index (χ4n) is 5.06. The lowest BCUT2D eigenvalue weighted by Crippen LogP contribution is -2.31. The Morgan fingerprint density at radius 2 is 1.61 bits per heavy atom. The highest BCUT2D eigenvalue weighted by Crippen LogP contribution is 2.29. The molecule has 0 bridgehead atoms. The summed E-state index contributed by atoms with van der Waals surface area (Å²) < 4.78 is 0. The number of piperidine rings is 1. The minimum absolute atomic E-state index is 0.140. The zero-order valence-corrected chi connectivity index (χ0v) is 19.4. The molecule has 2 aromatic carbocycles. The van der Waals surface area contributed by atoms with E-state index >= 15 is 0 Å². The Morgan fingerprint density at radius 3 is 2.39 bits per heavy atom. The van der Waals surface area contributed by atoms with Crippen molar-refractivity contribution >= 4 is 22.5 Å². The minimum atomic E-state index is 0.140. The summed E-state index contributed by atoms with van der Waals surface area (Å²) in [4.78, 5) is 22.1. The number of carbonyl (C=O) groups excluding carboxylic acids is 1. The van der Waals surface area contributed by atoms with Gasteiger partial charge in [0, 0.05) is 41.8 Å². The third kappa shape index (κ3) is 5.19. The van der Waals surface area contributed by atoms with E-state index in [1.54, 1.807) is 0 Å². The van der Waals surface area contributed by atoms with Gasteiger partial charge >= 0.3 is 0 Å². The maximum atomic E-state index is 12.7. The molecule has 3 aromatic rings. The second kappa shape index (κ2) is 10.3. The van der Waals surface area contributed by atoms with Gasteiger partial charge < -0.3 is 15.1 Å². The van der Waals surface area contributed by atoms with Crippen molar-refractivity contribution in [2.75, 3.05) is 44.6 Å². The zero-order chi connectivity index (χ0) is 22.5. The van der Waals surface area contributed by atoms with Gasteiger partial charge in [-0.05, 0) is 76.0 Å².